The minimum atomic E-state index is -3.60. The summed E-state index contributed by atoms with van der Waals surface area (Å²) in [6, 6.07) is 14.3. The lowest BCUT2D eigenvalue weighted by Crippen LogP contribution is -2.13. The van der Waals surface area contributed by atoms with E-state index in [4.69, 9.17) is 0 Å². The van der Waals surface area contributed by atoms with Crippen molar-refractivity contribution in [3.05, 3.63) is 72.3 Å². The summed E-state index contributed by atoms with van der Waals surface area (Å²) in [7, 11) is -3.60. The van der Waals surface area contributed by atoms with Gasteiger partial charge in [0.05, 0.1) is 11.4 Å². The molecule has 0 aliphatic carbocycles. The molecule has 0 aliphatic heterocycles. The Kier molecular flexibility index (Phi) is 5.37. The summed E-state index contributed by atoms with van der Waals surface area (Å²) in [6.07, 6.45) is 4.05. The van der Waals surface area contributed by atoms with Crippen LogP contribution >= 0.6 is 0 Å². The molecule has 3 rings (SSSR count). The van der Waals surface area contributed by atoms with Crippen LogP contribution in [0, 0.1) is 5.92 Å². The monoisotopic (exact) mass is 370 g/mol. The SMILES string of the molecule is CC(C)Cc1ccc(S(=O)(=O)Nc2ccc(Cn3cncn3)cc2)cc1. The molecule has 0 saturated heterocycles. The minimum Gasteiger partial charge on any atom is -0.280 e. The molecule has 1 heterocycles. The van der Waals surface area contributed by atoms with Crippen LogP contribution in [0.4, 0.5) is 5.69 Å². The Hall–Kier alpha value is -2.67. The number of rotatable bonds is 7. The maximum atomic E-state index is 12.5. The summed E-state index contributed by atoms with van der Waals surface area (Å²) in [5, 5.41) is 4.05. The van der Waals surface area contributed by atoms with Gasteiger partial charge in [0.15, 0.2) is 0 Å². The molecule has 26 heavy (non-hydrogen) atoms. The van der Waals surface area contributed by atoms with Gasteiger partial charge in [0.1, 0.15) is 12.7 Å². The number of nitrogens with one attached hydrogen (secondary N) is 1. The second kappa shape index (κ2) is 7.70. The zero-order valence-corrected chi connectivity index (χ0v) is 15.6. The quantitative estimate of drug-likeness (QED) is 0.692. The molecule has 0 atom stereocenters. The average Bonchev–Trinajstić information content (AvgIpc) is 3.09. The lowest BCUT2D eigenvalue weighted by atomic mass is 10.0. The van der Waals surface area contributed by atoms with Crippen molar-refractivity contribution in [2.24, 2.45) is 5.92 Å². The van der Waals surface area contributed by atoms with E-state index >= 15 is 0 Å². The van der Waals surface area contributed by atoms with Crippen molar-refractivity contribution in [3.63, 3.8) is 0 Å². The average molecular weight is 370 g/mol. The van der Waals surface area contributed by atoms with Crippen LogP contribution in [0.2, 0.25) is 0 Å². The van der Waals surface area contributed by atoms with Gasteiger partial charge >= 0.3 is 0 Å². The Morgan fingerprint density at radius 2 is 1.65 bits per heavy atom. The summed E-state index contributed by atoms with van der Waals surface area (Å²) < 4.78 is 29.4. The first-order chi connectivity index (χ1) is 12.4. The number of anilines is 1. The third-order valence-corrected chi connectivity index (χ3v) is 5.29. The molecule has 3 aromatic rings. The molecule has 0 saturated carbocycles. The molecule has 6 nitrogen and oxygen atoms in total. The summed E-state index contributed by atoms with van der Waals surface area (Å²) in [5.74, 6) is 0.534. The van der Waals surface area contributed by atoms with Crippen molar-refractivity contribution in [1.29, 1.82) is 0 Å². The maximum Gasteiger partial charge on any atom is 0.261 e. The fourth-order valence-corrected chi connectivity index (χ4v) is 3.73. The van der Waals surface area contributed by atoms with Crippen molar-refractivity contribution < 1.29 is 8.42 Å². The van der Waals surface area contributed by atoms with E-state index in [1.165, 1.54) is 6.33 Å². The Labute approximate surface area is 154 Å². The highest BCUT2D eigenvalue weighted by Crippen LogP contribution is 2.18. The van der Waals surface area contributed by atoms with E-state index in [2.05, 4.69) is 28.7 Å². The topological polar surface area (TPSA) is 76.9 Å². The second-order valence-electron chi connectivity index (χ2n) is 6.64. The summed E-state index contributed by atoms with van der Waals surface area (Å²) in [6.45, 7) is 4.86. The van der Waals surface area contributed by atoms with Crippen molar-refractivity contribution >= 4 is 15.7 Å². The van der Waals surface area contributed by atoms with Gasteiger partial charge in [0.25, 0.3) is 10.0 Å². The molecular weight excluding hydrogens is 348 g/mol. The summed E-state index contributed by atoms with van der Waals surface area (Å²) >= 11 is 0. The van der Waals surface area contributed by atoms with E-state index in [9.17, 15) is 8.42 Å². The molecule has 0 fully saturated rings. The Balaban J connectivity index is 1.68. The van der Waals surface area contributed by atoms with E-state index in [1.54, 1.807) is 35.3 Å². The predicted molar refractivity (Wildman–Crippen MR) is 101 cm³/mol. The second-order valence-corrected chi connectivity index (χ2v) is 8.32. The Morgan fingerprint density at radius 3 is 2.23 bits per heavy atom. The molecule has 7 heteroatoms. The van der Waals surface area contributed by atoms with Gasteiger partial charge in [-0.05, 0) is 47.7 Å². The van der Waals surface area contributed by atoms with E-state index in [1.807, 2.05) is 24.3 Å². The fraction of sp³-hybridized carbons (Fsp3) is 0.263. The number of aromatic nitrogens is 3. The van der Waals surface area contributed by atoms with Crippen molar-refractivity contribution in [2.45, 2.75) is 31.7 Å². The van der Waals surface area contributed by atoms with Crippen LogP contribution in [0.25, 0.3) is 0 Å². The molecule has 1 N–H and O–H groups in total. The minimum absolute atomic E-state index is 0.261. The molecule has 0 amide bonds. The van der Waals surface area contributed by atoms with Gasteiger partial charge in [0, 0.05) is 5.69 Å². The van der Waals surface area contributed by atoms with Crippen LogP contribution in [0.15, 0.2) is 66.1 Å². The Morgan fingerprint density at radius 1 is 1.00 bits per heavy atom. The molecule has 2 aromatic carbocycles. The van der Waals surface area contributed by atoms with Gasteiger partial charge in [-0.1, -0.05) is 38.1 Å². The molecule has 0 radical (unpaired) electrons. The molecule has 0 unspecified atom stereocenters. The first kappa shape index (κ1) is 18.1. The van der Waals surface area contributed by atoms with Crippen LogP contribution in [0.3, 0.4) is 0 Å². The highest BCUT2D eigenvalue weighted by molar-refractivity contribution is 7.92. The van der Waals surface area contributed by atoms with Gasteiger partial charge in [0.2, 0.25) is 0 Å². The van der Waals surface area contributed by atoms with E-state index in [-0.39, 0.29) is 4.90 Å². The maximum absolute atomic E-state index is 12.5. The third kappa shape index (κ3) is 4.70. The van der Waals surface area contributed by atoms with E-state index < -0.39 is 10.0 Å². The lowest BCUT2D eigenvalue weighted by molar-refractivity contribution is 0.601. The molecule has 1 aromatic heterocycles. The predicted octanol–water partition coefficient (Wildman–Crippen LogP) is 3.33. The zero-order valence-electron chi connectivity index (χ0n) is 14.8. The van der Waals surface area contributed by atoms with Crippen molar-refractivity contribution in [1.82, 2.24) is 14.8 Å². The number of nitrogens with zero attached hydrogens (tertiary/aromatic N) is 3. The largest absolute Gasteiger partial charge is 0.280 e. The van der Waals surface area contributed by atoms with Gasteiger partial charge in [-0.25, -0.2) is 18.1 Å². The van der Waals surface area contributed by atoms with Gasteiger partial charge in [-0.15, -0.1) is 0 Å². The number of benzene rings is 2. The lowest BCUT2D eigenvalue weighted by Gasteiger charge is -2.10. The number of sulfonamides is 1. The smallest absolute Gasteiger partial charge is 0.261 e. The zero-order chi connectivity index (χ0) is 18.6. The molecule has 0 bridgehead atoms. The van der Waals surface area contributed by atoms with Gasteiger partial charge in [-0.2, -0.15) is 5.10 Å². The van der Waals surface area contributed by atoms with Crippen LogP contribution in [-0.4, -0.2) is 23.2 Å². The van der Waals surface area contributed by atoms with Gasteiger partial charge < -0.3 is 0 Å². The highest BCUT2D eigenvalue weighted by Gasteiger charge is 2.14. The first-order valence-corrected chi connectivity index (χ1v) is 9.94. The molecule has 136 valence electrons. The van der Waals surface area contributed by atoms with Crippen LogP contribution in [0.1, 0.15) is 25.0 Å². The standard InChI is InChI=1S/C19H22N4O2S/c1-15(2)11-16-5-9-19(10-6-16)26(24,25)22-18-7-3-17(4-8-18)12-23-14-20-13-21-23/h3-10,13-15,22H,11-12H2,1-2H3. The van der Waals surface area contributed by atoms with Crippen molar-refractivity contribution in [2.75, 3.05) is 4.72 Å². The van der Waals surface area contributed by atoms with Crippen molar-refractivity contribution in [3.8, 4) is 0 Å². The van der Waals surface area contributed by atoms with Crippen LogP contribution in [-0.2, 0) is 23.0 Å². The summed E-state index contributed by atoms with van der Waals surface area (Å²) in [4.78, 5) is 4.16. The van der Waals surface area contributed by atoms with Gasteiger partial charge in [-0.3, -0.25) is 4.72 Å². The number of hydrogen-bond acceptors (Lipinski definition) is 4. The fourth-order valence-electron chi connectivity index (χ4n) is 2.67. The molecular formula is C19H22N4O2S. The first-order valence-electron chi connectivity index (χ1n) is 8.45. The third-order valence-electron chi connectivity index (χ3n) is 3.89. The number of hydrogen-bond donors (Lipinski definition) is 1. The Bertz CT molecular complexity index is 932. The van der Waals surface area contributed by atoms with E-state index in [0.717, 1.165) is 17.5 Å². The van der Waals surface area contributed by atoms with Crippen LogP contribution < -0.4 is 4.72 Å². The normalized spacial score (nSPS) is 11.7. The summed E-state index contributed by atoms with van der Waals surface area (Å²) in [5.41, 5.74) is 2.67. The molecule has 0 spiro atoms. The van der Waals surface area contributed by atoms with E-state index in [0.29, 0.717) is 18.2 Å². The highest BCUT2D eigenvalue weighted by atomic mass is 32.2. The van der Waals surface area contributed by atoms with Crippen LogP contribution in [0.5, 0.6) is 0 Å². The molecule has 0 aliphatic rings.